The van der Waals surface area contributed by atoms with Gasteiger partial charge in [-0.3, -0.25) is 5.32 Å². The van der Waals surface area contributed by atoms with Crippen LogP contribution in [-0.2, 0) is 9.47 Å². The van der Waals surface area contributed by atoms with Gasteiger partial charge in [-0.2, -0.15) is 0 Å². The van der Waals surface area contributed by atoms with Crippen LogP contribution in [0, 0.1) is 5.82 Å². The lowest BCUT2D eigenvalue weighted by Gasteiger charge is -2.20. The van der Waals surface area contributed by atoms with Gasteiger partial charge in [0.05, 0.1) is 12.3 Å². The molecule has 5 nitrogen and oxygen atoms in total. The largest absolute Gasteiger partial charge is 0.444 e. The van der Waals surface area contributed by atoms with E-state index in [1.54, 1.807) is 27.9 Å². The first kappa shape index (κ1) is 17.2. The third-order valence-electron chi connectivity index (χ3n) is 2.43. The van der Waals surface area contributed by atoms with E-state index in [0.29, 0.717) is 18.0 Å². The van der Waals surface area contributed by atoms with Crippen molar-refractivity contribution in [1.82, 2.24) is 0 Å². The van der Waals surface area contributed by atoms with Gasteiger partial charge in [0.2, 0.25) is 0 Å². The predicted octanol–water partition coefficient (Wildman–Crippen LogP) is 3.62. The third kappa shape index (κ3) is 6.44. The van der Waals surface area contributed by atoms with Crippen LogP contribution in [0.25, 0.3) is 0 Å². The van der Waals surface area contributed by atoms with E-state index < -0.39 is 17.5 Å². The van der Waals surface area contributed by atoms with Crippen LogP contribution in [0.1, 0.15) is 27.7 Å². The highest BCUT2D eigenvalue weighted by molar-refractivity contribution is 5.85. The fourth-order valence-electron chi connectivity index (χ4n) is 1.69. The molecule has 0 aliphatic rings. The summed E-state index contributed by atoms with van der Waals surface area (Å²) in [6.07, 6.45) is -0.579. The normalized spacial score (nSPS) is 12.7. The molecule has 6 heteroatoms. The molecule has 0 saturated carbocycles. The maximum atomic E-state index is 13.7. The van der Waals surface area contributed by atoms with E-state index in [9.17, 15) is 9.18 Å². The van der Waals surface area contributed by atoms with E-state index >= 15 is 0 Å². The smallest absolute Gasteiger partial charge is 0.412 e. The lowest BCUT2D eigenvalue weighted by atomic mass is 10.2. The van der Waals surface area contributed by atoms with E-state index in [-0.39, 0.29) is 6.04 Å². The molecule has 118 valence electrons. The average molecular weight is 298 g/mol. The molecule has 0 fully saturated rings. The molecule has 2 N–H and O–H groups in total. The van der Waals surface area contributed by atoms with Crippen LogP contribution >= 0.6 is 0 Å². The molecule has 0 heterocycles. The number of carbonyl (C=O) groups is 1. The molecule has 1 rings (SSSR count). The Morgan fingerprint density at radius 1 is 1.38 bits per heavy atom. The van der Waals surface area contributed by atoms with Gasteiger partial charge < -0.3 is 14.8 Å². The second-order valence-electron chi connectivity index (χ2n) is 5.82. The van der Waals surface area contributed by atoms with Gasteiger partial charge in [0.25, 0.3) is 0 Å². The van der Waals surface area contributed by atoms with Gasteiger partial charge in [-0.1, -0.05) is 0 Å². The van der Waals surface area contributed by atoms with Crippen LogP contribution in [0.3, 0.4) is 0 Å². The molecule has 0 saturated heterocycles. The summed E-state index contributed by atoms with van der Waals surface area (Å²) in [6, 6.07) is 4.23. The summed E-state index contributed by atoms with van der Waals surface area (Å²) in [6.45, 7) is 7.64. The predicted molar refractivity (Wildman–Crippen MR) is 81.2 cm³/mol. The highest BCUT2D eigenvalue weighted by Gasteiger charge is 2.16. The molecule has 0 aromatic heterocycles. The first-order valence-corrected chi connectivity index (χ1v) is 6.76. The Bertz CT molecular complexity index is 486. The summed E-state index contributed by atoms with van der Waals surface area (Å²) in [5.41, 5.74) is 0.170. The fraction of sp³-hybridized carbons (Fsp3) is 0.533. The summed E-state index contributed by atoms with van der Waals surface area (Å²) < 4.78 is 23.9. The lowest BCUT2D eigenvalue weighted by molar-refractivity contribution is 0.0636. The minimum atomic E-state index is -0.585. The standard InChI is InChI=1S/C15H23FN2O3/c1-10(9-20-5)17-13-8-11(6-7-12(13)16)18-14(19)21-15(2,3)4/h6-8,10,17H,9H2,1-5H3,(H,18,19). The first-order chi connectivity index (χ1) is 9.71. The van der Waals surface area contributed by atoms with Crippen LogP contribution in [0.15, 0.2) is 18.2 Å². The number of anilines is 2. The Labute approximate surface area is 124 Å². The molecular formula is C15H23FN2O3. The van der Waals surface area contributed by atoms with Gasteiger partial charge in [-0.15, -0.1) is 0 Å². The molecule has 1 aromatic carbocycles. The van der Waals surface area contributed by atoms with Gasteiger partial charge in [0.1, 0.15) is 11.4 Å². The molecule has 1 atom stereocenters. The van der Waals surface area contributed by atoms with E-state index in [2.05, 4.69) is 10.6 Å². The Morgan fingerprint density at radius 2 is 2.05 bits per heavy atom. The maximum Gasteiger partial charge on any atom is 0.412 e. The Kier molecular flexibility index (Phi) is 5.96. The molecule has 1 amide bonds. The molecule has 1 unspecified atom stereocenters. The zero-order valence-corrected chi connectivity index (χ0v) is 13.1. The zero-order valence-electron chi connectivity index (χ0n) is 13.1. The maximum absolute atomic E-state index is 13.7. The number of methoxy groups -OCH3 is 1. The molecule has 0 spiro atoms. The monoisotopic (exact) mass is 298 g/mol. The van der Waals surface area contributed by atoms with E-state index in [1.165, 1.54) is 18.2 Å². The van der Waals surface area contributed by atoms with Gasteiger partial charge in [0.15, 0.2) is 0 Å². The summed E-state index contributed by atoms with van der Waals surface area (Å²) in [4.78, 5) is 11.7. The summed E-state index contributed by atoms with van der Waals surface area (Å²) in [7, 11) is 1.58. The van der Waals surface area contributed by atoms with E-state index in [1.807, 2.05) is 6.92 Å². The van der Waals surface area contributed by atoms with Crippen LogP contribution in [0.5, 0.6) is 0 Å². The third-order valence-corrected chi connectivity index (χ3v) is 2.43. The van der Waals surface area contributed by atoms with Crippen molar-refractivity contribution in [2.45, 2.75) is 39.3 Å². The number of ether oxygens (including phenoxy) is 2. The fourth-order valence-corrected chi connectivity index (χ4v) is 1.69. The van der Waals surface area contributed by atoms with Gasteiger partial charge in [0, 0.05) is 18.8 Å². The second-order valence-corrected chi connectivity index (χ2v) is 5.82. The summed E-state index contributed by atoms with van der Waals surface area (Å²) in [5.74, 6) is -0.396. The number of hydrogen-bond acceptors (Lipinski definition) is 4. The van der Waals surface area contributed by atoms with Crippen molar-refractivity contribution in [3.63, 3.8) is 0 Å². The van der Waals surface area contributed by atoms with Crippen LogP contribution in [0.4, 0.5) is 20.6 Å². The number of carbonyl (C=O) groups excluding carboxylic acids is 1. The van der Waals surface area contributed by atoms with Crippen molar-refractivity contribution in [3.8, 4) is 0 Å². The minimum absolute atomic E-state index is 0.0544. The highest BCUT2D eigenvalue weighted by atomic mass is 19.1. The number of hydrogen-bond donors (Lipinski definition) is 2. The Morgan fingerprint density at radius 3 is 2.62 bits per heavy atom. The first-order valence-electron chi connectivity index (χ1n) is 6.76. The van der Waals surface area contributed by atoms with Crippen molar-refractivity contribution in [3.05, 3.63) is 24.0 Å². The van der Waals surface area contributed by atoms with Crippen LogP contribution in [0.2, 0.25) is 0 Å². The molecule has 0 aliphatic carbocycles. The van der Waals surface area contributed by atoms with Crippen molar-refractivity contribution in [2.24, 2.45) is 0 Å². The lowest BCUT2D eigenvalue weighted by Crippen LogP contribution is -2.27. The highest BCUT2D eigenvalue weighted by Crippen LogP contribution is 2.21. The molecular weight excluding hydrogens is 275 g/mol. The van der Waals surface area contributed by atoms with Crippen molar-refractivity contribution in [2.75, 3.05) is 24.4 Å². The van der Waals surface area contributed by atoms with Crippen molar-refractivity contribution >= 4 is 17.5 Å². The van der Waals surface area contributed by atoms with Gasteiger partial charge in [-0.05, 0) is 45.9 Å². The number of benzene rings is 1. The van der Waals surface area contributed by atoms with Gasteiger partial charge >= 0.3 is 6.09 Å². The zero-order chi connectivity index (χ0) is 16.0. The number of nitrogens with one attached hydrogen (secondary N) is 2. The van der Waals surface area contributed by atoms with E-state index in [0.717, 1.165) is 0 Å². The molecule has 0 bridgehead atoms. The number of halogens is 1. The Hall–Kier alpha value is -1.82. The van der Waals surface area contributed by atoms with E-state index in [4.69, 9.17) is 9.47 Å². The minimum Gasteiger partial charge on any atom is -0.444 e. The summed E-state index contributed by atoms with van der Waals surface area (Å²) in [5, 5.41) is 5.55. The molecule has 0 radical (unpaired) electrons. The molecule has 21 heavy (non-hydrogen) atoms. The number of amides is 1. The molecule has 0 aliphatic heterocycles. The van der Waals surface area contributed by atoms with Gasteiger partial charge in [-0.25, -0.2) is 9.18 Å². The van der Waals surface area contributed by atoms with Crippen LogP contribution in [-0.4, -0.2) is 31.5 Å². The SMILES string of the molecule is COCC(C)Nc1cc(NC(=O)OC(C)(C)C)ccc1F. The van der Waals surface area contributed by atoms with Crippen LogP contribution < -0.4 is 10.6 Å². The van der Waals surface area contributed by atoms with Crippen molar-refractivity contribution in [1.29, 1.82) is 0 Å². The summed E-state index contributed by atoms with van der Waals surface area (Å²) >= 11 is 0. The number of rotatable bonds is 5. The Balaban J connectivity index is 2.75. The average Bonchev–Trinajstić information content (AvgIpc) is 2.31. The topological polar surface area (TPSA) is 59.6 Å². The quantitative estimate of drug-likeness (QED) is 0.871. The van der Waals surface area contributed by atoms with Crippen molar-refractivity contribution < 1.29 is 18.7 Å². The second kappa shape index (κ2) is 7.26. The molecule has 1 aromatic rings.